The van der Waals surface area contributed by atoms with Crippen LogP contribution in [0.15, 0.2) is 73.4 Å². The number of likely N-dealkylation sites (N-methyl/N-ethyl adjacent to an activating group) is 1. The largest absolute Gasteiger partial charge is 0.367 e. The number of nitrogens with zero attached hydrogens (tertiary/aromatic N) is 5. The van der Waals surface area contributed by atoms with E-state index in [1.165, 1.54) is 12.1 Å². The molecule has 0 spiro atoms. The Bertz CT molecular complexity index is 1580. The Labute approximate surface area is 270 Å². The lowest BCUT2D eigenvalue weighted by Crippen LogP contribution is -2.50. The molecule has 3 N–H and O–H groups in total. The number of urea groups is 1. The van der Waals surface area contributed by atoms with Gasteiger partial charge in [-0.2, -0.15) is 0 Å². The van der Waals surface area contributed by atoms with Gasteiger partial charge in [-0.05, 0) is 76.1 Å². The number of amides is 3. The topological polar surface area (TPSA) is 97.2 Å². The second kappa shape index (κ2) is 14.9. The summed E-state index contributed by atoms with van der Waals surface area (Å²) in [6.07, 6.45) is 5.82. The van der Waals surface area contributed by atoms with Crippen molar-refractivity contribution < 1.29 is 14.0 Å². The maximum atomic E-state index is 14.4. The molecular weight excluding hydrogens is 583 g/mol. The Morgan fingerprint density at radius 2 is 1.91 bits per heavy atom. The number of rotatable bonds is 9. The maximum absolute atomic E-state index is 14.4. The van der Waals surface area contributed by atoms with E-state index in [1.807, 2.05) is 24.3 Å². The standard InChI is InChI=1S/C35H41FN8O2/c1-5-34(45)41-31-20-29(15-16-32(31)43-19-18-42(4)24(2)23-43)44(35(46)39-21-25-8-6-7-9-30(25)36)28-13-10-26(11-14-28)40-33-17-12-27(37-3)22-38-33/h5-9,12,15-17,20,22,24,26,28H,1,10-11,13-14,18-19,21,23H2,2,4H3,(H,38,40)(H,39,46)(H,41,45)/t24-,26?,28?/m0/s1. The SMILES string of the molecule is [C-]#[N+]c1ccc(NC2CCC(N(C(=O)NCc3ccccc3F)c3ccc(N4CCN(C)[C@@H](C)C4)c(NC(=O)C=C)c3)CC2)nc1. The van der Waals surface area contributed by atoms with Gasteiger partial charge in [0.1, 0.15) is 11.6 Å². The average molecular weight is 625 g/mol. The highest BCUT2D eigenvalue weighted by Gasteiger charge is 2.32. The molecule has 1 aliphatic carbocycles. The van der Waals surface area contributed by atoms with Gasteiger partial charge in [0.2, 0.25) is 11.6 Å². The number of hydrogen-bond donors (Lipinski definition) is 3. The minimum Gasteiger partial charge on any atom is -0.367 e. The van der Waals surface area contributed by atoms with Crippen molar-refractivity contribution in [2.45, 2.75) is 57.3 Å². The van der Waals surface area contributed by atoms with E-state index in [2.05, 4.69) is 56.1 Å². The third kappa shape index (κ3) is 7.82. The molecular formula is C35H41FN8O2. The number of aromatic nitrogens is 1. The lowest BCUT2D eigenvalue weighted by molar-refractivity contribution is -0.111. The summed E-state index contributed by atoms with van der Waals surface area (Å²) >= 11 is 0. The molecule has 3 aromatic rings. The summed E-state index contributed by atoms with van der Waals surface area (Å²) in [7, 11) is 2.11. The van der Waals surface area contributed by atoms with E-state index in [0.29, 0.717) is 34.5 Å². The van der Waals surface area contributed by atoms with Crippen LogP contribution in [0.2, 0.25) is 0 Å². The quantitative estimate of drug-likeness (QED) is 0.195. The van der Waals surface area contributed by atoms with Crippen LogP contribution in [0.25, 0.3) is 4.85 Å². The molecule has 1 saturated carbocycles. The van der Waals surface area contributed by atoms with Crippen molar-refractivity contribution in [3.05, 3.63) is 96.2 Å². The Morgan fingerprint density at radius 1 is 1.13 bits per heavy atom. The molecule has 10 nitrogen and oxygen atoms in total. The molecule has 2 fully saturated rings. The van der Waals surface area contributed by atoms with Crippen LogP contribution in [0.4, 0.5) is 37.8 Å². The predicted octanol–water partition coefficient (Wildman–Crippen LogP) is 6.18. The molecule has 11 heteroatoms. The van der Waals surface area contributed by atoms with Crippen LogP contribution in [0.5, 0.6) is 0 Å². The zero-order chi connectivity index (χ0) is 32.6. The van der Waals surface area contributed by atoms with Gasteiger partial charge in [-0.25, -0.2) is 14.0 Å². The zero-order valence-electron chi connectivity index (χ0n) is 26.4. The van der Waals surface area contributed by atoms with Gasteiger partial charge < -0.3 is 25.8 Å². The van der Waals surface area contributed by atoms with Crippen molar-refractivity contribution in [3.63, 3.8) is 0 Å². The number of pyridine rings is 1. The highest BCUT2D eigenvalue weighted by Crippen LogP contribution is 2.36. The van der Waals surface area contributed by atoms with Crippen molar-refractivity contribution in [2.75, 3.05) is 47.1 Å². The second-order valence-corrected chi connectivity index (χ2v) is 12.0. The van der Waals surface area contributed by atoms with E-state index in [1.54, 1.807) is 35.4 Å². The molecule has 2 aromatic carbocycles. The van der Waals surface area contributed by atoms with Gasteiger partial charge in [0.15, 0.2) is 0 Å². The van der Waals surface area contributed by atoms with Gasteiger partial charge in [-0.1, -0.05) is 30.8 Å². The smallest absolute Gasteiger partial charge is 0.322 e. The Morgan fingerprint density at radius 3 is 2.59 bits per heavy atom. The highest BCUT2D eigenvalue weighted by atomic mass is 19.1. The summed E-state index contributed by atoms with van der Waals surface area (Å²) in [5.74, 6) is 0.00617. The summed E-state index contributed by atoms with van der Waals surface area (Å²) < 4.78 is 14.4. The number of nitrogens with one attached hydrogen (secondary N) is 3. The van der Waals surface area contributed by atoms with Gasteiger partial charge >= 0.3 is 6.03 Å². The monoisotopic (exact) mass is 624 g/mol. The molecule has 3 amide bonds. The van der Waals surface area contributed by atoms with Crippen molar-refractivity contribution in [1.29, 1.82) is 0 Å². The van der Waals surface area contributed by atoms with Crippen LogP contribution in [0.3, 0.4) is 0 Å². The van der Waals surface area contributed by atoms with Crippen molar-refractivity contribution >= 4 is 40.5 Å². The molecule has 240 valence electrons. The second-order valence-electron chi connectivity index (χ2n) is 12.0. The van der Waals surface area contributed by atoms with Crippen molar-refractivity contribution in [1.82, 2.24) is 15.2 Å². The molecule has 5 rings (SSSR count). The first kappa shape index (κ1) is 32.4. The maximum Gasteiger partial charge on any atom is 0.322 e. The van der Waals surface area contributed by atoms with E-state index < -0.39 is 0 Å². The fourth-order valence-electron chi connectivity index (χ4n) is 6.12. The Balaban J connectivity index is 1.40. The normalized spacial score (nSPS) is 19.9. The molecule has 1 aliphatic heterocycles. The number of benzene rings is 2. The number of carbonyl (C=O) groups excluding carboxylic acids is 2. The summed E-state index contributed by atoms with van der Waals surface area (Å²) in [5, 5.41) is 9.37. The zero-order valence-corrected chi connectivity index (χ0v) is 26.4. The number of hydrogen-bond acceptors (Lipinski definition) is 6. The average Bonchev–Trinajstić information content (AvgIpc) is 3.07. The van der Waals surface area contributed by atoms with E-state index in [-0.39, 0.29) is 36.4 Å². The van der Waals surface area contributed by atoms with Crippen molar-refractivity contribution in [2.24, 2.45) is 0 Å². The molecule has 46 heavy (non-hydrogen) atoms. The van der Waals surface area contributed by atoms with E-state index in [4.69, 9.17) is 6.57 Å². The number of piperazine rings is 1. The summed E-state index contributed by atoms with van der Waals surface area (Å²) in [4.78, 5) is 40.6. The molecule has 1 saturated heterocycles. The number of anilines is 4. The van der Waals surface area contributed by atoms with Gasteiger partial charge in [0.05, 0.1) is 17.9 Å². The van der Waals surface area contributed by atoms with Crippen LogP contribution in [-0.4, -0.2) is 66.6 Å². The first-order chi connectivity index (χ1) is 22.2. The molecule has 1 aromatic heterocycles. The summed E-state index contributed by atoms with van der Waals surface area (Å²) in [5.41, 5.74) is 3.02. The Kier molecular flexibility index (Phi) is 10.5. The van der Waals surface area contributed by atoms with E-state index in [0.717, 1.165) is 51.0 Å². The minimum absolute atomic E-state index is 0.0441. The Hall–Kier alpha value is -4.95. The fourth-order valence-corrected chi connectivity index (χ4v) is 6.12. The lowest BCUT2D eigenvalue weighted by Gasteiger charge is -2.40. The third-order valence-corrected chi connectivity index (χ3v) is 8.90. The predicted molar refractivity (Wildman–Crippen MR) is 181 cm³/mol. The molecule has 1 atom stereocenters. The summed E-state index contributed by atoms with van der Waals surface area (Å²) in [6, 6.07) is 15.7. The highest BCUT2D eigenvalue weighted by molar-refractivity contribution is 6.02. The first-order valence-corrected chi connectivity index (χ1v) is 15.7. The van der Waals surface area contributed by atoms with Gasteiger partial charge in [-0.15, -0.1) is 0 Å². The van der Waals surface area contributed by atoms with Gasteiger partial charge in [0.25, 0.3) is 0 Å². The molecule has 2 heterocycles. The first-order valence-electron chi connectivity index (χ1n) is 15.7. The van der Waals surface area contributed by atoms with E-state index in [9.17, 15) is 14.0 Å². The van der Waals surface area contributed by atoms with Gasteiger partial charge in [-0.3, -0.25) is 14.7 Å². The van der Waals surface area contributed by atoms with Crippen LogP contribution in [-0.2, 0) is 11.3 Å². The van der Waals surface area contributed by atoms with Crippen LogP contribution in [0.1, 0.15) is 38.2 Å². The van der Waals surface area contributed by atoms with Gasteiger partial charge in [0, 0.05) is 61.8 Å². The molecule has 2 aliphatic rings. The van der Waals surface area contributed by atoms with E-state index >= 15 is 0 Å². The molecule has 0 radical (unpaired) electrons. The molecule has 0 bridgehead atoms. The summed E-state index contributed by atoms with van der Waals surface area (Å²) in [6.45, 7) is 15.5. The molecule has 0 unspecified atom stereocenters. The van der Waals surface area contributed by atoms with Crippen LogP contribution < -0.4 is 25.8 Å². The van der Waals surface area contributed by atoms with Crippen LogP contribution in [0, 0.1) is 12.4 Å². The number of halogens is 1. The fraction of sp³-hybridized carbons (Fsp3) is 0.371. The van der Waals surface area contributed by atoms with Crippen molar-refractivity contribution in [3.8, 4) is 0 Å². The minimum atomic E-state index is -0.376. The third-order valence-electron chi connectivity index (χ3n) is 8.90. The lowest BCUT2D eigenvalue weighted by atomic mass is 9.89. The number of carbonyl (C=O) groups is 2. The van der Waals surface area contributed by atoms with Crippen LogP contribution >= 0.6 is 0 Å².